The summed E-state index contributed by atoms with van der Waals surface area (Å²) in [5.74, 6) is 1.01. The fraction of sp³-hybridized carbons (Fsp3) is 0.400. The van der Waals surface area contributed by atoms with E-state index in [9.17, 15) is 10.1 Å². The second kappa shape index (κ2) is 6.25. The lowest BCUT2D eigenvalue weighted by molar-refractivity contribution is -0.384. The van der Waals surface area contributed by atoms with E-state index >= 15 is 0 Å². The molecule has 116 valence electrons. The standard InChI is InChI=1S/C15H19N5O2/c1-18-7-6-17-15(18)14-10-16-5-8-19(14)11-12-3-2-4-13(9-12)20(21)22/h2-4,6-7,9,14,16H,5,8,10-11H2,1H3. The van der Waals surface area contributed by atoms with Crippen molar-refractivity contribution in [3.05, 3.63) is 58.2 Å². The fourth-order valence-corrected chi connectivity index (χ4v) is 2.89. The molecular formula is C15H19N5O2. The molecule has 1 fully saturated rings. The summed E-state index contributed by atoms with van der Waals surface area (Å²) in [6.45, 7) is 3.32. The van der Waals surface area contributed by atoms with Crippen LogP contribution in [-0.2, 0) is 13.6 Å². The Balaban J connectivity index is 1.81. The average Bonchev–Trinajstić information content (AvgIpc) is 2.94. The quantitative estimate of drug-likeness (QED) is 0.683. The second-order valence-electron chi connectivity index (χ2n) is 5.51. The first kappa shape index (κ1) is 14.7. The number of non-ortho nitro benzene ring substituents is 1. The lowest BCUT2D eigenvalue weighted by Gasteiger charge is -2.35. The average molecular weight is 301 g/mol. The van der Waals surface area contributed by atoms with Crippen LogP contribution in [0.3, 0.4) is 0 Å². The molecule has 1 atom stereocenters. The van der Waals surface area contributed by atoms with Crippen molar-refractivity contribution < 1.29 is 4.92 Å². The van der Waals surface area contributed by atoms with Crippen LogP contribution < -0.4 is 5.32 Å². The first-order chi connectivity index (χ1) is 10.6. The molecule has 0 bridgehead atoms. The molecule has 22 heavy (non-hydrogen) atoms. The minimum atomic E-state index is -0.350. The first-order valence-electron chi connectivity index (χ1n) is 7.30. The van der Waals surface area contributed by atoms with E-state index in [0.29, 0.717) is 6.54 Å². The molecule has 2 aromatic rings. The molecule has 1 aliphatic heterocycles. The van der Waals surface area contributed by atoms with Gasteiger partial charge >= 0.3 is 0 Å². The van der Waals surface area contributed by atoms with E-state index in [4.69, 9.17) is 0 Å². The summed E-state index contributed by atoms with van der Waals surface area (Å²) in [4.78, 5) is 17.3. The van der Waals surface area contributed by atoms with Crippen molar-refractivity contribution in [2.75, 3.05) is 19.6 Å². The molecule has 0 saturated carbocycles. The van der Waals surface area contributed by atoms with E-state index in [1.807, 2.05) is 23.9 Å². The summed E-state index contributed by atoms with van der Waals surface area (Å²) in [6, 6.07) is 7.03. The van der Waals surface area contributed by atoms with E-state index < -0.39 is 0 Å². The molecule has 7 nitrogen and oxygen atoms in total. The van der Waals surface area contributed by atoms with Gasteiger partial charge in [-0.15, -0.1) is 0 Å². The molecule has 1 aromatic carbocycles. The number of piperazine rings is 1. The van der Waals surface area contributed by atoms with Crippen molar-refractivity contribution in [2.45, 2.75) is 12.6 Å². The smallest absolute Gasteiger partial charge is 0.269 e. The Hall–Kier alpha value is -2.25. The van der Waals surface area contributed by atoms with Gasteiger partial charge in [0.05, 0.1) is 11.0 Å². The normalized spacial score (nSPS) is 19.2. The largest absolute Gasteiger partial charge is 0.337 e. The third-order valence-electron chi connectivity index (χ3n) is 4.02. The summed E-state index contributed by atoms with van der Waals surface area (Å²) >= 11 is 0. The molecule has 3 rings (SSSR count). The number of hydrogen-bond donors (Lipinski definition) is 1. The topological polar surface area (TPSA) is 76.2 Å². The molecule has 1 unspecified atom stereocenters. The number of nitrogens with zero attached hydrogens (tertiary/aromatic N) is 4. The van der Waals surface area contributed by atoms with Gasteiger partial charge in [0.1, 0.15) is 5.82 Å². The van der Waals surface area contributed by atoms with Crippen molar-refractivity contribution in [2.24, 2.45) is 7.05 Å². The third-order valence-corrected chi connectivity index (χ3v) is 4.02. The van der Waals surface area contributed by atoms with Crippen molar-refractivity contribution in [3.63, 3.8) is 0 Å². The Bertz CT molecular complexity index is 669. The van der Waals surface area contributed by atoms with Crippen molar-refractivity contribution in [1.82, 2.24) is 19.8 Å². The monoisotopic (exact) mass is 301 g/mol. The lowest BCUT2D eigenvalue weighted by Crippen LogP contribution is -2.46. The molecule has 1 N–H and O–H groups in total. The maximum absolute atomic E-state index is 10.9. The summed E-state index contributed by atoms with van der Waals surface area (Å²) in [6.07, 6.45) is 3.74. The van der Waals surface area contributed by atoms with Gasteiger partial charge < -0.3 is 9.88 Å². The van der Waals surface area contributed by atoms with E-state index in [1.54, 1.807) is 18.3 Å². The van der Waals surface area contributed by atoms with E-state index in [2.05, 4.69) is 15.2 Å². The Morgan fingerprint density at radius 3 is 3.09 bits per heavy atom. The minimum absolute atomic E-state index is 0.140. The molecule has 7 heteroatoms. The highest BCUT2D eigenvalue weighted by molar-refractivity contribution is 5.34. The van der Waals surface area contributed by atoms with Crippen LogP contribution in [0.2, 0.25) is 0 Å². The Labute approximate surface area is 128 Å². The number of benzene rings is 1. The Morgan fingerprint density at radius 1 is 1.50 bits per heavy atom. The van der Waals surface area contributed by atoms with Crippen molar-refractivity contribution >= 4 is 5.69 Å². The van der Waals surface area contributed by atoms with E-state index in [1.165, 1.54) is 6.07 Å². The van der Waals surface area contributed by atoms with Crippen LogP contribution in [0.5, 0.6) is 0 Å². The number of hydrogen-bond acceptors (Lipinski definition) is 5. The van der Waals surface area contributed by atoms with Gasteiger partial charge in [-0.1, -0.05) is 12.1 Å². The van der Waals surface area contributed by atoms with Gasteiger partial charge in [0.25, 0.3) is 5.69 Å². The summed E-state index contributed by atoms with van der Waals surface area (Å²) < 4.78 is 2.03. The highest BCUT2D eigenvalue weighted by Gasteiger charge is 2.26. The zero-order chi connectivity index (χ0) is 15.5. The Morgan fingerprint density at radius 2 is 2.36 bits per heavy atom. The lowest BCUT2D eigenvalue weighted by atomic mass is 10.1. The van der Waals surface area contributed by atoms with Gasteiger partial charge in [0, 0.05) is 57.8 Å². The van der Waals surface area contributed by atoms with Crippen LogP contribution >= 0.6 is 0 Å². The number of imidazole rings is 1. The van der Waals surface area contributed by atoms with Gasteiger partial charge in [-0.3, -0.25) is 15.0 Å². The molecule has 1 aromatic heterocycles. The number of nitro groups is 1. The van der Waals surface area contributed by atoms with Gasteiger partial charge in [-0.25, -0.2) is 4.98 Å². The van der Waals surface area contributed by atoms with Gasteiger partial charge in [0.2, 0.25) is 0 Å². The zero-order valence-corrected chi connectivity index (χ0v) is 12.5. The SMILES string of the molecule is Cn1ccnc1C1CNCCN1Cc1cccc([N+](=O)[O-])c1. The minimum Gasteiger partial charge on any atom is -0.337 e. The molecule has 0 aliphatic carbocycles. The van der Waals surface area contributed by atoms with Crippen LogP contribution in [0.25, 0.3) is 0 Å². The van der Waals surface area contributed by atoms with Crippen LogP contribution in [0, 0.1) is 10.1 Å². The number of nitrogens with one attached hydrogen (secondary N) is 1. The molecule has 0 amide bonds. The van der Waals surface area contributed by atoms with Crippen LogP contribution in [-0.4, -0.2) is 39.0 Å². The highest BCUT2D eigenvalue weighted by Crippen LogP contribution is 2.23. The number of aryl methyl sites for hydroxylation is 1. The van der Waals surface area contributed by atoms with E-state index in [-0.39, 0.29) is 16.7 Å². The summed E-state index contributed by atoms with van der Waals surface area (Å²) in [5.41, 5.74) is 1.09. The summed E-state index contributed by atoms with van der Waals surface area (Å²) in [5, 5.41) is 14.3. The molecule has 1 aliphatic rings. The maximum atomic E-state index is 10.9. The zero-order valence-electron chi connectivity index (χ0n) is 12.5. The molecule has 0 spiro atoms. The van der Waals surface area contributed by atoms with Crippen molar-refractivity contribution in [3.8, 4) is 0 Å². The number of rotatable bonds is 4. The number of aromatic nitrogens is 2. The maximum Gasteiger partial charge on any atom is 0.269 e. The van der Waals surface area contributed by atoms with Crippen LogP contribution in [0.15, 0.2) is 36.7 Å². The molecule has 0 radical (unpaired) electrons. The van der Waals surface area contributed by atoms with Gasteiger partial charge in [-0.05, 0) is 5.56 Å². The predicted octanol–water partition coefficient (Wildman–Crippen LogP) is 1.47. The molecule has 2 heterocycles. The van der Waals surface area contributed by atoms with Gasteiger partial charge in [-0.2, -0.15) is 0 Å². The first-order valence-corrected chi connectivity index (χ1v) is 7.30. The van der Waals surface area contributed by atoms with Crippen LogP contribution in [0.1, 0.15) is 17.4 Å². The van der Waals surface area contributed by atoms with E-state index in [0.717, 1.165) is 31.0 Å². The fourth-order valence-electron chi connectivity index (χ4n) is 2.89. The predicted molar refractivity (Wildman–Crippen MR) is 82.3 cm³/mol. The molecule has 1 saturated heterocycles. The van der Waals surface area contributed by atoms with Crippen molar-refractivity contribution in [1.29, 1.82) is 0 Å². The molecular weight excluding hydrogens is 282 g/mol. The Kier molecular flexibility index (Phi) is 4.17. The highest BCUT2D eigenvalue weighted by atomic mass is 16.6. The van der Waals surface area contributed by atoms with Crippen LogP contribution in [0.4, 0.5) is 5.69 Å². The number of nitro benzene ring substituents is 1. The van der Waals surface area contributed by atoms with Gasteiger partial charge in [0.15, 0.2) is 0 Å². The third kappa shape index (κ3) is 3.00. The second-order valence-corrected chi connectivity index (χ2v) is 5.51. The summed E-state index contributed by atoms with van der Waals surface area (Å²) in [7, 11) is 1.99.